The molecule has 0 atom stereocenters. The van der Waals surface area contributed by atoms with Crippen molar-refractivity contribution < 1.29 is 4.42 Å². The van der Waals surface area contributed by atoms with Crippen LogP contribution < -0.4 is 5.32 Å². The molecule has 0 spiro atoms. The van der Waals surface area contributed by atoms with E-state index in [2.05, 4.69) is 20.5 Å². The van der Waals surface area contributed by atoms with Crippen molar-refractivity contribution in [1.29, 1.82) is 0 Å². The van der Waals surface area contributed by atoms with Crippen LogP contribution in [0.25, 0.3) is 10.8 Å². The van der Waals surface area contributed by atoms with Crippen LogP contribution >= 0.6 is 11.3 Å². The van der Waals surface area contributed by atoms with Crippen LogP contribution in [0.3, 0.4) is 0 Å². The second-order valence-corrected chi connectivity index (χ2v) is 4.33. The van der Waals surface area contributed by atoms with Gasteiger partial charge in [-0.25, -0.2) is 4.98 Å². The van der Waals surface area contributed by atoms with Crippen molar-refractivity contribution in [2.45, 2.75) is 13.3 Å². The minimum atomic E-state index is 0.562. The minimum Gasteiger partial charge on any atom is -0.420 e. The standard InChI is InChI=1S/C9H12N4OS/c1-6-11-5-7(15-6)9-13-12-8(14-9)3-4-10-2/h5,10H,3-4H2,1-2H3. The fraction of sp³-hybridized carbons (Fsp3) is 0.444. The van der Waals surface area contributed by atoms with E-state index in [0.717, 1.165) is 22.9 Å². The van der Waals surface area contributed by atoms with Gasteiger partial charge in [0.2, 0.25) is 5.89 Å². The van der Waals surface area contributed by atoms with Gasteiger partial charge in [-0.2, -0.15) is 0 Å². The Hall–Kier alpha value is -1.27. The van der Waals surface area contributed by atoms with E-state index < -0.39 is 0 Å². The lowest BCUT2D eigenvalue weighted by Crippen LogP contribution is -2.10. The molecule has 0 fully saturated rings. The predicted octanol–water partition coefficient (Wildman–Crippen LogP) is 1.26. The second-order valence-electron chi connectivity index (χ2n) is 3.10. The van der Waals surface area contributed by atoms with Gasteiger partial charge in [0.05, 0.1) is 11.2 Å². The van der Waals surface area contributed by atoms with Gasteiger partial charge in [-0.1, -0.05) is 0 Å². The fourth-order valence-corrected chi connectivity index (χ4v) is 1.85. The molecule has 0 radical (unpaired) electrons. The molecule has 0 aliphatic heterocycles. The van der Waals surface area contributed by atoms with E-state index in [1.807, 2.05) is 14.0 Å². The molecule has 2 aromatic heterocycles. The molecule has 0 amide bonds. The first-order chi connectivity index (χ1) is 7.29. The minimum absolute atomic E-state index is 0.562. The molecule has 2 rings (SSSR count). The monoisotopic (exact) mass is 224 g/mol. The van der Waals surface area contributed by atoms with Gasteiger partial charge in [-0.05, 0) is 14.0 Å². The molecule has 0 aromatic carbocycles. The third-order valence-electron chi connectivity index (χ3n) is 1.89. The van der Waals surface area contributed by atoms with E-state index in [0.29, 0.717) is 11.8 Å². The van der Waals surface area contributed by atoms with E-state index in [4.69, 9.17) is 4.42 Å². The number of aryl methyl sites for hydroxylation is 1. The second kappa shape index (κ2) is 4.50. The summed E-state index contributed by atoms with van der Waals surface area (Å²) in [6, 6.07) is 0. The zero-order valence-corrected chi connectivity index (χ0v) is 9.47. The fourth-order valence-electron chi connectivity index (χ4n) is 1.15. The quantitative estimate of drug-likeness (QED) is 0.847. The number of nitrogens with one attached hydrogen (secondary N) is 1. The Kier molecular flexibility index (Phi) is 3.08. The summed E-state index contributed by atoms with van der Waals surface area (Å²) in [7, 11) is 1.89. The molecule has 1 N–H and O–H groups in total. The molecule has 0 unspecified atom stereocenters. The van der Waals surface area contributed by atoms with E-state index in [9.17, 15) is 0 Å². The predicted molar refractivity (Wildman–Crippen MR) is 57.8 cm³/mol. The molecule has 2 heterocycles. The third-order valence-corrected chi connectivity index (χ3v) is 2.79. The summed E-state index contributed by atoms with van der Waals surface area (Å²) in [5.41, 5.74) is 0. The van der Waals surface area contributed by atoms with Crippen molar-refractivity contribution >= 4 is 11.3 Å². The van der Waals surface area contributed by atoms with Crippen molar-refractivity contribution in [2.24, 2.45) is 0 Å². The lowest BCUT2D eigenvalue weighted by atomic mass is 10.4. The first kappa shape index (κ1) is 10.3. The lowest BCUT2D eigenvalue weighted by Gasteiger charge is -1.91. The molecule has 5 nitrogen and oxygen atoms in total. The van der Waals surface area contributed by atoms with Gasteiger partial charge in [-0.15, -0.1) is 21.5 Å². The zero-order valence-electron chi connectivity index (χ0n) is 8.65. The maximum absolute atomic E-state index is 5.49. The number of aromatic nitrogens is 3. The van der Waals surface area contributed by atoms with Gasteiger partial charge in [0, 0.05) is 13.0 Å². The number of rotatable bonds is 4. The molecule has 0 saturated heterocycles. The summed E-state index contributed by atoms with van der Waals surface area (Å²) < 4.78 is 5.49. The van der Waals surface area contributed by atoms with Crippen LogP contribution in [0, 0.1) is 6.92 Å². The highest BCUT2D eigenvalue weighted by atomic mass is 32.1. The summed E-state index contributed by atoms with van der Waals surface area (Å²) in [5, 5.41) is 12.0. The van der Waals surface area contributed by atoms with Crippen LogP contribution in [0.15, 0.2) is 10.6 Å². The highest BCUT2D eigenvalue weighted by molar-refractivity contribution is 7.14. The van der Waals surface area contributed by atoms with E-state index in [-0.39, 0.29) is 0 Å². The van der Waals surface area contributed by atoms with Gasteiger partial charge < -0.3 is 9.73 Å². The Bertz CT molecular complexity index is 437. The summed E-state index contributed by atoms with van der Waals surface area (Å²) in [6.07, 6.45) is 2.51. The molecular formula is C9H12N4OS. The smallest absolute Gasteiger partial charge is 0.259 e. The van der Waals surface area contributed by atoms with E-state index in [1.165, 1.54) is 0 Å². The number of hydrogen-bond donors (Lipinski definition) is 1. The molecule has 6 heteroatoms. The number of hydrogen-bond acceptors (Lipinski definition) is 6. The van der Waals surface area contributed by atoms with Crippen molar-refractivity contribution in [3.05, 3.63) is 17.1 Å². The van der Waals surface area contributed by atoms with Crippen LogP contribution in [0.2, 0.25) is 0 Å². The van der Waals surface area contributed by atoms with Gasteiger partial charge in [-0.3, -0.25) is 0 Å². The van der Waals surface area contributed by atoms with Gasteiger partial charge in [0.1, 0.15) is 4.88 Å². The van der Waals surface area contributed by atoms with E-state index >= 15 is 0 Å². The van der Waals surface area contributed by atoms with Crippen molar-refractivity contribution in [3.63, 3.8) is 0 Å². The molecule has 0 aliphatic rings. The van der Waals surface area contributed by atoms with Crippen LogP contribution in [0.4, 0.5) is 0 Å². The maximum atomic E-state index is 5.49. The Labute approximate surface area is 91.6 Å². The van der Waals surface area contributed by atoms with Crippen molar-refractivity contribution in [1.82, 2.24) is 20.5 Å². The van der Waals surface area contributed by atoms with Crippen LogP contribution in [-0.2, 0) is 6.42 Å². The normalized spacial score (nSPS) is 10.8. The lowest BCUT2D eigenvalue weighted by molar-refractivity contribution is 0.501. The van der Waals surface area contributed by atoms with E-state index in [1.54, 1.807) is 17.5 Å². The number of likely N-dealkylation sites (N-methyl/N-ethyl adjacent to an activating group) is 1. The topological polar surface area (TPSA) is 63.8 Å². The van der Waals surface area contributed by atoms with Crippen LogP contribution in [-0.4, -0.2) is 28.8 Å². The maximum Gasteiger partial charge on any atom is 0.259 e. The average Bonchev–Trinajstić information content (AvgIpc) is 2.83. The molecule has 0 aliphatic carbocycles. The average molecular weight is 224 g/mol. The zero-order chi connectivity index (χ0) is 10.7. The first-order valence-electron chi connectivity index (χ1n) is 4.69. The summed E-state index contributed by atoms with van der Waals surface area (Å²) >= 11 is 1.56. The summed E-state index contributed by atoms with van der Waals surface area (Å²) in [5.74, 6) is 1.22. The third kappa shape index (κ3) is 2.40. The SMILES string of the molecule is CNCCc1nnc(-c2cnc(C)s2)o1. The molecular weight excluding hydrogens is 212 g/mol. The largest absolute Gasteiger partial charge is 0.420 e. The van der Waals surface area contributed by atoms with Gasteiger partial charge >= 0.3 is 0 Å². The van der Waals surface area contributed by atoms with Gasteiger partial charge in [0.25, 0.3) is 5.89 Å². The first-order valence-corrected chi connectivity index (χ1v) is 5.51. The molecule has 15 heavy (non-hydrogen) atoms. The highest BCUT2D eigenvalue weighted by Crippen LogP contribution is 2.24. The van der Waals surface area contributed by atoms with Gasteiger partial charge in [0.15, 0.2) is 0 Å². The summed E-state index contributed by atoms with van der Waals surface area (Å²) in [6.45, 7) is 2.79. The Morgan fingerprint density at radius 1 is 1.47 bits per heavy atom. The van der Waals surface area contributed by atoms with Crippen molar-refractivity contribution in [2.75, 3.05) is 13.6 Å². The molecule has 80 valence electrons. The Morgan fingerprint density at radius 2 is 2.33 bits per heavy atom. The highest BCUT2D eigenvalue weighted by Gasteiger charge is 2.10. The van der Waals surface area contributed by atoms with Crippen molar-refractivity contribution in [3.8, 4) is 10.8 Å². The summed E-state index contributed by atoms with van der Waals surface area (Å²) in [4.78, 5) is 5.07. The molecule has 0 bridgehead atoms. The number of thiazole rings is 1. The van der Waals surface area contributed by atoms with Crippen LogP contribution in [0.5, 0.6) is 0 Å². The molecule has 2 aromatic rings. The Balaban J connectivity index is 2.13. The Morgan fingerprint density at radius 3 is 3.00 bits per heavy atom. The van der Waals surface area contributed by atoms with Crippen LogP contribution in [0.1, 0.15) is 10.9 Å². The molecule has 0 saturated carbocycles. The number of nitrogens with zero attached hydrogens (tertiary/aromatic N) is 3.